The van der Waals surface area contributed by atoms with Crippen LogP contribution in [0.5, 0.6) is 0 Å². The molecule has 0 aromatic heterocycles. The monoisotopic (exact) mass is 278 g/mol. The minimum Gasteiger partial charge on any atom is -0.488 e. The van der Waals surface area contributed by atoms with Gasteiger partial charge in [-0.15, -0.1) is 0 Å². The van der Waals surface area contributed by atoms with Gasteiger partial charge in [-0.2, -0.15) is 0 Å². The molecule has 102 valence electrons. The van der Waals surface area contributed by atoms with Crippen molar-refractivity contribution in [2.24, 2.45) is 0 Å². The second kappa shape index (κ2) is 10.2. The van der Waals surface area contributed by atoms with E-state index in [1.165, 1.54) is 12.2 Å². The molecule has 0 unspecified atom stereocenters. The van der Waals surface area contributed by atoms with Crippen molar-refractivity contribution in [1.82, 2.24) is 0 Å². The molecule has 0 atom stereocenters. The lowest BCUT2D eigenvalue weighted by atomic mass is 10.2. The van der Waals surface area contributed by atoms with Crippen LogP contribution in [0.3, 0.4) is 0 Å². The highest BCUT2D eigenvalue weighted by Crippen LogP contribution is 2.16. The van der Waals surface area contributed by atoms with Gasteiger partial charge in [0, 0.05) is 0 Å². The van der Waals surface area contributed by atoms with Crippen molar-refractivity contribution in [3.8, 4) is 0 Å². The predicted molar refractivity (Wildman–Crippen MR) is 81.9 cm³/mol. The van der Waals surface area contributed by atoms with Crippen molar-refractivity contribution in [3.63, 3.8) is 0 Å². The largest absolute Gasteiger partial charge is 0.488 e. The van der Waals surface area contributed by atoms with Gasteiger partial charge in [-0.05, 0) is 43.2 Å². The summed E-state index contributed by atoms with van der Waals surface area (Å²) in [5.41, 5.74) is 1.27. The number of carbonyl (C=O) groups is 1. The molecule has 0 fully saturated rings. The fourth-order valence-corrected chi connectivity index (χ4v) is 1.42. The van der Waals surface area contributed by atoms with Gasteiger partial charge >= 0.3 is 0 Å². The maximum atomic E-state index is 11.3. The summed E-state index contributed by atoms with van der Waals surface area (Å²) in [6, 6.07) is 0. The first-order valence-electron chi connectivity index (χ1n) is 5.87. The molecule has 0 aliphatic carbocycles. The van der Waals surface area contributed by atoms with Gasteiger partial charge in [0.25, 0.3) is 5.24 Å². The van der Waals surface area contributed by atoms with Crippen LogP contribution in [0.4, 0.5) is 0 Å². The van der Waals surface area contributed by atoms with Crippen LogP contribution in [0.2, 0.25) is 0 Å². The summed E-state index contributed by atoms with van der Waals surface area (Å²) >= 11 is 5.51. The van der Waals surface area contributed by atoms with E-state index in [1.807, 2.05) is 25.2 Å². The highest BCUT2D eigenvalue weighted by atomic mass is 35.5. The Bertz CT molecular complexity index is 451. The number of hydrogen-bond acceptors (Lipinski definition) is 2. The van der Waals surface area contributed by atoms with Crippen LogP contribution in [0, 0.1) is 0 Å². The first-order valence-corrected chi connectivity index (χ1v) is 6.24. The normalized spacial score (nSPS) is 13.5. The molecule has 0 spiro atoms. The van der Waals surface area contributed by atoms with Crippen molar-refractivity contribution in [1.29, 1.82) is 0 Å². The average molecular weight is 279 g/mol. The number of ether oxygens (including phenoxy) is 1. The van der Waals surface area contributed by atoms with Crippen LogP contribution in [0.15, 0.2) is 72.6 Å². The van der Waals surface area contributed by atoms with Crippen molar-refractivity contribution < 1.29 is 9.53 Å². The van der Waals surface area contributed by atoms with Gasteiger partial charge in [-0.3, -0.25) is 4.79 Å². The summed E-state index contributed by atoms with van der Waals surface area (Å²) in [5.74, 6) is 0.436. The molecule has 0 amide bonds. The summed E-state index contributed by atoms with van der Waals surface area (Å²) in [6.45, 7) is 11.2. The molecule has 2 nitrogen and oxygen atoms in total. The summed E-state index contributed by atoms with van der Waals surface area (Å²) in [5, 5.41) is -0.573. The van der Waals surface area contributed by atoms with Crippen LogP contribution >= 0.6 is 11.6 Å². The molecule has 0 aromatic carbocycles. The zero-order valence-electron chi connectivity index (χ0n) is 11.4. The molecule has 0 N–H and O–H groups in total. The van der Waals surface area contributed by atoms with E-state index in [0.717, 1.165) is 5.57 Å². The summed E-state index contributed by atoms with van der Waals surface area (Å²) in [6.07, 6.45) is 12.0. The minimum atomic E-state index is -0.573. The van der Waals surface area contributed by atoms with Crippen LogP contribution in [-0.2, 0) is 9.53 Å². The predicted octanol–water partition coefficient (Wildman–Crippen LogP) is 4.47. The second-order valence-corrected chi connectivity index (χ2v) is 3.83. The molecule has 19 heavy (non-hydrogen) atoms. The minimum absolute atomic E-state index is 0.294. The topological polar surface area (TPSA) is 26.3 Å². The Balaban J connectivity index is 4.89. The number of allylic oxidation sites excluding steroid dienone is 7. The molecule has 0 aliphatic heterocycles. The van der Waals surface area contributed by atoms with E-state index >= 15 is 0 Å². The smallest absolute Gasteiger partial charge is 0.256 e. The molecule has 0 bridgehead atoms. The third kappa shape index (κ3) is 6.63. The summed E-state index contributed by atoms with van der Waals surface area (Å²) < 4.78 is 5.60. The molecule has 0 heterocycles. The van der Waals surface area contributed by atoms with E-state index in [1.54, 1.807) is 19.1 Å². The van der Waals surface area contributed by atoms with Crippen LogP contribution in [0.1, 0.15) is 13.8 Å². The Morgan fingerprint density at radius 2 is 1.89 bits per heavy atom. The van der Waals surface area contributed by atoms with Gasteiger partial charge in [-0.1, -0.05) is 43.5 Å². The zero-order chi connectivity index (χ0) is 14.7. The van der Waals surface area contributed by atoms with Gasteiger partial charge < -0.3 is 4.74 Å². The van der Waals surface area contributed by atoms with Crippen molar-refractivity contribution >= 4 is 16.8 Å². The molecule has 0 radical (unpaired) electrons. The van der Waals surface area contributed by atoms with E-state index in [-0.39, 0.29) is 0 Å². The van der Waals surface area contributed by atoms with E-state index in [2.05, 4.69) is 13.2 Å². The first kappa shape index (κ1) is 17.2. The van der Waals surface area contributed by atoms with E-state index in [9.17, 15) is 4.79 Å². The van der Waals surface area contributed by atoms with E-state index in [0.29, 0.717) is 17.9 Å². The fraction of sp³-hybridized carbons (Fsp3) is 0.188. The van der Waals surface area contributed by atoms with Gasteiger partial charge in [0.15, 0.2) is 0 Å². The average Bonchev–Trinajstić information content (AvgIpc) is 2.41. The molecule has 0 saturated heterocycles. The standard InChI is InChI=1S/C16H19ClO2/c1-5-9-11-13(7-3)12-19-15(8-4)14(10-6-2)16(17)18/h5-11H,1-2,12H2,3-4H3/b11-9-,13-7+,14-10+,15-8+. The van der Waals surface area contributed by atoms with Crippen LogP contribution < -0.4 is 0 Å². The fourth-order valence-electron chi connectivity index (χ4n) is 1.26. The highest BCUT2D eigenvalue weighted by Gasteiger charge is 2.12. The number of hydrogen-bond donors (Lipinski definition) is 0. The molecular weight excluding hydrogens is 260 g/mol. The van der Waals surface area contributed by atoms with Gasteiger partial charge in [0.05, 0.1) is 5.57 Å². The molecule has 0 saturated carbocycles. The third-order valence-corrected chi connectivity index (χ3v) is 2.44. The Labute approximate surface area is 120 Å². The maximum absolute atomic E-state index is 11.3. The van der Waals surface area contributed by atoms with E-state index < -0.39 is 5.24 Å². The molecule has 0 rings (SSSR count). The number of rotatable bonds is 8. The Hall–Kier alpha value is -1.80. The Kier molecular flexibility index (Phi) is 9.19. The third-order valence-electron chi connectivity index (χ3n) is 2.24. The zero-order valence-corrected chi connectivity index (χ0v) is 12.1. The molecule has 0 aromatic rings. The van der Waals surface area contributed by atoms with Crippen LogP contribution in [0.25, 0.3) is 0 Å². The first-order chi connectivity index (χ1) is 9.10. The van der Waals surface area contributed by atoms with E-state index in [4.69, 9.17) is 16.3 Å². The SMILES string of the molecule is C=C/C=C\C(=C/C)COC(=C/C)/C(=C\C=C)C(=O)Cl. The highest BCUT2D eigenvalue weighted by molar-refractivity contribution is 6.68. The lowest BCUT2D eigenvalue weighted by Crippen LogP contribution is -2.04. The Morgan fingerprint density at radius 3 is 2.32 bits per heavy atom. The maximum Gasteiger partial charge on any atom is 0.256 e. The van der Waals surface area contributed by atoms with Crippen molar-refractivity contribution in [3.05, 3.63) is 72.6 Å². The molecule has 3 heteroatoms. The van der Waals surface area contributed by atoms with Gasteiger partial charge in [0.1, 0.15) is 12.4 Å². The van der Waals surface area contributed by atoms with Gasteiger partial charge in [-0.25, -0.2) is 0 Å². The van der Waals surface area contributed by atoms with Crippen molar-refractivity contribution in [2.45, 2.75) is 13.8 Å². The summed E-state index contributed by atoms with van der Waals surface area (Å²) in [4.78, 5) is 11.3. The molecule has 0 aliphatic rings. The number of halogens is 1. The lowest BCUT2D eigenvalue weighted by Gasteiger charge is -2.11. The Morgan fingerprint density at radius 1 is 1.21 bits per heavy atom. The van der Waals surface area contributed by atoms with Gasteiger partial charge in [0.2, 0.25) is 0 Å². The van der Waals surface area contributed by atoms with Crippen LogP contribution in [-0.4, -0.2) is 11.8 Å². The summed E-state index contributed by atoms with van der Waals surface area (Å²) in [7, 11) is 0. The molecular formula is C16H19ClO2. The van der Waals surface area contributed by atoms with Crippen molar-refractivity contribution in [2.75, 3.05) is 6.61 Å². The quantitative estimate of drug-likeness (QED) is 0.283. The number of carbonyl (C=O) groups excluding carboxylic acids is 1. The second-order valence-electron chi connectivity index (χ2n) is 3.49. The lowest BCUT2D eigenvalue weighted by molar-refractivity contribution is -0.108.